The number of fused-ring (bicyclic) bond motifs is 1. The number of alkyl halides is 2. The van der Waals surface area contributed by atoms with Gasteiger partial charge in [-0.2, -0.15) is 8.78 Å². The molecule has 0 atom stereocenters. The van der Waals surface area contributed by atoms with E-state index in [0.717, 1.165) is 16.1 Å². The Bertz CT molecular complexity index is 1050. The topological polar surface area (TPSA) is 65.2 Å². The maximum Gasteiger partial charge on any atom is 0.387 e. The summed E-state index contributed by atoms with van der Waals surface area (Å²) >= 11 is 1.46. The lowest BCUT2D eigenvalue weighted by atomic mass is 10.1. The highest BCUT2D eigenvalue weighted by atomic mass is 79.9. The van der Waals surface area contributed by atoms with Gasteiger partial charge in [-0.25, -0.2) is 4.99 Å². The van der Waals surface area contributed by atoms with Crippen LogP contribution >= 0.6 is 28.3 Å². The van der Waals surface area contributed by atoms with Gasteiger partial charge < -0.3 is 23.9 Å². The Morgan fingerprint density at radius 3 is 2.63 bits per heavy atom. The first-order chi connectivity index (χ1) is 14.1. The molecule has 0 aliphatic carbocycles. The molecular weight excluding hydrogens is 482 g/mol. The summed E-state index contributed by atoms with van der Waals surface area (Å²) in [4.78, 5) is 5.36. The molecule has 0 bridgehead atoms. The van der Waals surface area contributed by atoms with Crippen molar-refractivity contribution in [1.82, 2.24) is 4.57 Å². The Morgan fingerprint density at radius 1 is 1.13 bits per heavy atom. The largest absolute Gasteiger partial charge is 0.454 e. The molecule has 1 aliphatic rings. The molecule has 10 heteroatoms. The van der Waals surface area contributed by atoms with E-state index in [2.05, 4.69) is 9.73 Å². The molecule has 30 heavy (non-hydrogen) atoms. The minimum atomic E-state index is -2.86. The molecule has 1 aliphatic heterocycles. The van der Waals surface area contributed by atoms with Crippen LogP contribution in [0.3, 0.4) is 0 Å². The number of rotatable bonds is 7. The van der Waals surface area contributed by atoms with E-state index in [4.69, 9.17) is 9.47 Å². The minimum absolute atomic E-state index is 0. The highest BCUT2D eigenvalue weighted by Crippen LogP contribution is 2.36. The zero-order chi connectivity index (χ0) is 20.2. The third kappa shape index (κ3) is 5.00. The number of aliphatic hydroxyl groups excluding tert-OH is 1. The first-order valence-corrected chi connectivity index (χ1v) is 9.81. The van der Waals surface area contributed by atoms with Gasteiger partial charge in [0.2, 0.25) is 6.79 Å². The molecule has 1 aromatic heterocycles. The first kappa shape index (κ1) is 22.3. The Kier molecular flexibility index (Phi) is 7.46. The van der Waals surface area contributed by atoms with Crippen molar-refractivity contribution in [2.75, 3.05) is 13.4 Å². The molecule has 0 radical (unpaired) electrons. The Morgan fingerprint density at radius 2 is 1.90 bits per heavy atom. The summed E-state index contributed by atoms with van der Waals surface area (Å²) < 4.78 is 41.8. The standard InChI is InChI=1S/C20H18F2N2O4S.BrH/c21-19(22)28-15-5-3-14(4-6-15)23-20-24(8-1-9-25)16(11-29-20)13-2-7-17-18(10-13)27-12-26-17;/h2-7,10-11,19,25H,1,8-9,12H2;1H. The van der Waals surface area contributed by atoms with E-state index >= 15 is 0 Å². The van der Waals surface area contributed by atoms with Crippen LogP contribution in [-0.4, -0.2) is 29.7 Å². The summed E-state index contributed by atoms with van der Waals surface area (Å²) in [5.41, 5.74) is 2.51. The van der Waals surface area contributed by atoms with Crippen LogP contribution in [0.2, 0.25) is 0 Å². The van der Waals surface area contributed by atoms with Crippen LogP contribution in [0.5, 0.6) is 17.2 Å². The molecule has 1 N–H and O–H groups in total. The number of hydrogen-bond acceptors (Lipinski definition) is 6. The van der Waals surface area contributed by atoms with Crippen molar-refractivity contribution in [3.8, 4) is 28.5 Å². The second-order valence-corrected chi connectivity index (χ2v) is 7.02. The number of aromatic nitrogens is 1. The lowest BCUT2D eigenvalue weighted by Gasteiger charge is -2.09. The first-order valence-electron chi connectivity index (χ1n) is 8.93. The van der Waals surface area contributed by atoms with Gasteiger partial charge in [0.25, 0.3) is 0 Å². The summed E-state index contributed by atoms with van der Waals surface area (Å²) in [5, 5.41) is 11.3. The molecule has 3 aromatic rings. The van der Waals surface area contributed by atoms with E-state index in [9.17, 15) is 13.9 Å². The number of halogens is 3. The zero-order valence-corrected chi connectivity index (χ0v) is 18.2. The quantitative estimate of drug-likeness (QED) is 0.508. The van der Waals surface area contributed by atoms with Crippen LogP contribution in [0, 0.1) is 0 Å². The van der Waals surface area contributed by atoms with Crippen molar-refractivity contribution in [2.45, 2.75) is 19.6 Å². The van der Waals surface area contributed by atoms with Gasteiger partial charge >= 0.3 is 6.61 Å². The number of hydrogen-bond donors (Lipinski definition) is 1. The molecule has 160 valence electrons. The summed E-state index contributed by atoms with van der Waals surface area (Å²) in [6.45, 7) is -2.02. The van der Waals surface area contributed by atoms with Crippen molar-refractivity contribution < 1.29 is 28.1 Å². The van der Waals surface area contributed by atoms with Crippen molar-refractivity contribution in [1.29, 1.82) is 0 Å². The van der Waals surface area contributed by atoms with E-state index in [-0.39, 0.29) is 36.1 Å². The van der Waals surface area contributed by atoms with Gasteiger partial charge in [-0.05, 0) is 48.9 Å². The van der Waals surface area contributed by atoms with Gasteiger partial charge in [-0.3, -0.25) is 0 Å². The number of ether oxygens (including phenoxy) is 3. The Labute approximate surface area is 185 Å². The van der Waals surface area contributed by atoms with E-state index in [1.54, 1.807) is 12.1 Å². The average Bonchev–Trinajstić information content (AvgIpc) is 3.33. The maximum absolute atomic E-state index is 12.3. The predicted octanol–water partition coefficient (Wildman–Crippen LogP) is 4.74. The molecule has 0 amide bonds. The molecule has 0 spiro atoms. The minimum Gasteiger partial charge on any atom is -0.454 e. The molecule has 2 heterocycles. The normalized spacial score (nSPS) is 12.9. The third-order valence-electron chi connectivity index (χ3n) is 4.29. The lowest BCUT2D eigenvalue weighted by Crippen LogP contribution is -2.16. The average molecular weight is 501 g/mol. The molecule has 4 rings (SSSR count). The fourth-order valence-corrected chi connectivity index (χ4v) is 3.92. The highest BCUT2D eigenvalue weighted by Gasteiger charge is 2.16. The van der Waals surface area contributed by atoms with Gasteiger partial charge in [-0.15, -0.1) is 28.3 Å². The Balaban J connectivity index is 0.00000256. The van der Waals surface area contributed by atoms with Gasteiger partial charge in [0.05, 0.1) is 11.4 Å². The van der Waals surface area contributed by atoms with E-state index in [1.807, 2.05) is 28.1 Å². The molecule has 0 unspecified atom stereocenters. The molecule has 6 nitrogen and oxygen atoms in total. The second kappa shape index (κ2) is 10.1. The van der Waals surface area contributed by atoms with E-state index in [0.29, 0.717) is 30.2 Å². The van der Waals surface area contributed by atoms with Crippen LogP contribution in [0.25, 0.3) is 11.3 Å². The summed E-state index contributed by atoms with van der Waals surface area (Å²) in [5.74, 6) is 1.48. The summed E-state index contributed by atoms with van der Waals surface area (Å²) in [6, 6.07) is 11.9. The highest BCUT2D eigenvalue weighted by molar-refractivity contribution is 8.93. The van der Waals surface area contributed by atoms with Gasteiger partial charge in [0.1, 0.15) is 5.75 Å². The number of thiazole rings is 1. The molecule has 0 saturated heterocycles. The SMILES string of the molecule is Br.OCCCn1c(-c2ccc3c(c2)OCO3)csc1=Nc1ccc(OC(F)F)cc1. The number of benzene rings is 2. The van der Waals surface area contributed by atoms with Crippen LogP contribution in [0.1, 0.15) is 6.42 Å². The lowest BCUT2D eigenvalue weighted by molar-refractivity contribution is -0.0498. The van der Waals surface area contributed by atoms with Crippen molar-refractivity contribution in [3.05, 3.63) is 52.6 Å². The van der Waals surface area contributed by atoms with Crippen LogP contribution in [0.4, 0.5) is 14.5 Å². The maximum atomic E-state index is 12.3. The van der Waals surface area contributed by atoms with E-state index in [1.165, 1.54) is 23.5 Å². The van der Waals surface area contributed by atoms with Crippen molar-refractivity contribution in [2.24, 2.45) is 4.99 Å². The number of aliphatic hydroxyl groups is 1. The van der Waals surface area contributed by atoms with Gasteiger partial charge in [-0.1, -0.05) is 0 Å². The summed E-state index contributed by atoms with van der Waals surface area (Å²) in [7, 11) is 0. The van der Waals surface area contributed by atoms with E-state index < -0.39 is 6.61 Å². The van der Waals surface area contributed by atoms with Gasteiger partial charge in [0.15, 0.2) is 16.3 Å². The fraction of sp³-hybridized carbons (Fsp3) is 0.250. The summed E-state index contributed by atoms with van der Waals surface area (Å²) in [6.07, 6.45) is 0.572. The van der Waals surface area contributed by atoms with Crippen molar-refractivity contribution >= 4 is 34.0 Å². The monoisotopic (exact) mass is 500 g/mol. The van der Waals surface area contributed by atoms with Gasteiger partial charge in [0, 0.05) is 24.1 Å². The molecule has 0 saturated carbocycles. The smallest absolute Gasteiger partial charge is 0.387 e. The van der Waals surface area contributed by atoms with Crippen LogP contribution in [0.15, 0.2) is 52.8 Å². The van der Waals surface area contributed by atoms with Crippen LogP contribution < -0.4 is 19.0 Å². The second-order valence-electron chi connectivity index (χ2n) is 6.18. The Hall–Kier alpha value is -2.43. The molecule has 2 aromatic carbocycles. The van der Waals surface area contributed by atoms with Crippen molar-refractivity contribution in [3.63, 3.8) is 0 Å². The zero-order valence-electron chi connectivity index (χ0n) is 15.7. The third-order valence-corrected chi connectivity index (χ3v) is 5.16. The molecular formula is C20H19BrF2N2O4S. The molecule has 0 fully saturated rings. The van der Waals surface area contributed by atoms with Crippen LogP contribution in [-0.2, 0) is 6.54 Å². The predicted molar refractivity (Wildman–Crippen MR) is 114 cm³/mol. The number of nitrogens with zero attached hydrogens (tertiary/aromatic N) is 2. The fourth-order valence-electron chi connectivity index (χ4n) is 2.96.